The second-order valence-corrected chi connectivity index (χ2v) is 3.55. The predicted molar refractivity (Wildman–Crippen MR) is 52.9 cm³/mol. The maximum Gasteiger partial charge on any atom is 0.347 e. The highest BCUT2D eigenvalue weighted by atomic mass is 16.1. The summed E-state index contributed by atoms with van der Waals surface area (Å²) in [6, 6.07) is 0. The zero-order valence-corrected chi connectivity index (χ0v) is 8.66. The maximum atomic E-state index is 11.3. The molecular weight excluding hydrogens is 164 g/mol. The third kappa shape index (κ3) is 1.97. The average Bonchev–Trinajstić information content (AvgIpc) is 2.08. The van der Waals surface area contributed by atoms with Gasteiger partial charge in [-0.1, -0.05) is 20.8 Å². The molecule has 0 saturated heterocycles. The Balaban J connectivity index is 3.33. The van der Waals surface area contributed by atoms with Crippen LogP contribution in [-0.2, 0) is 13.5 Å². The summed E-state index contributed by atoms with van der Waals surface area (Å²) >= 11 is 0. The zero-order valence-electron chi connectivity index (χ0n) is 8.66. The minimum absolute atomic E-state index is 0.166. The van der Waals surface area contributed by atoms with Crippen LogP contribution in [0.1, 0.15) is 37.9 Å². The van der Waals surface area contributed by atoms with E-state index in [1.54, 1.807) is 7.05 Å². The molecule has 13 heavy (non-hydrogen) atoms. The third-order valence-electron chi connectivity index (χ3n) is 2.12. The number of nitrogens with zero attached hydrogens (tertiary/aromatic N) is 2. The van der Waals surface area contributed by atoms with Gasteiger partial charge in [0.1, 0.15) is 0 Å². The van der Waals surface area contributed by atoms with Crippen LogP contribution in [0.4, 0.5) is 0 Å². The molecule has 0 atom stereocenters. The maximum absolute atomic E-state index is 11.3. The summed E-state index contributed by atoms with van der Waals surface area (Å²) in [5.74, 6) is 0.323. The van der Waals surface area contributed by atoms with E-state index in [1.165, 1.54) is 4.57 Å². The molecule has 0 N–H and O–H groups in total. The largest absolute Gasteiger partial charge is 0.347 e. The van der Waals surface area contributed by atoms with E-state index < -0.39 is 0 Å². The van der Waals surface area contributed by atoms with Crippen molar-refractivity contribution in [2.45, 2.75) is 33.1 Å². The van der Waals surface area contributed by atoms with Crippen molar-refractivity contribution >= 4 is 0 Å². The number of hydrogen-bond donors (Lipinski definition) is 0. The summed E-state index contributed by atoms with van der Waals surface area (Å²) in [5.41, 5.74) is 1.93. The lowest BCUT2D eigenvalue weighted by molar-refractivity contribution is 0.720. The summed E-state index contributed by atoms with van der Waals surface area (Å²) < 4.78 is 1.53. The lowest BCUT2D eigenvalue weighted by atomic mass is 10.0. The molecule has 1 heterocycles. The van der Waals surface area contributed by atoms with Crippen molar-refractivity contribution in [3.63, 3.8) is 0 Å². The normalized spacial score (nSPS) is 10.8. The van der Waals surface area contributed by atoms with Gasteiger partial charge in [-0.2, -0.15) is 4.98 Å². The zero-order chi connectivity index (χ0) is 10.0. The van der Waals surface area contributed by atoms with Crippen molar-refractivity contribution in [3.05, 3.63) is 27.9 Å². The first kappa shape index (κ1) is 9.96. The Hall–Kier alpha value is -1.12. The van der Waals surface area contributed by atoms with Gasteiger partial charge >= 0.3 is 5.69 Å². The smallest absolute Gasteiger partial charge is 0.302 e. The monoisotopic (exact) mass is 180 g/mol. The molecule has 1 rings (SSSR count). The van der Waals surface area contributed by atoms with E-state index in [9.17, 15) is 4.79 Å². The minimum atomic E-state index is -0.166. The Labute approximate surface area is 78.4 Å². The average molecular weight is 180 g/mol. The Morgan fingerprint density at radius 1 is 1.54 bits per heavy atom. The van der Waals surface area contributed by atoms with Gasteiger partial charge < -0.3 is 4.57 Å². The van der Waals surface area contributed by atoms with Crippen molar-refractivity contribution in [2.75, 3.05) is 0 Å². The second-order valence-electron chi connectivity index (χ2n) is 3.55. The minimum Gasteiger partial charge on any atom is -0.302 e. The van der Waals surface area contributed by atoms with Gasteiger partial charge in [0.15, 0.2) is 0 Å². The molecule has 0 aliphatic heterocycles. The van der Waals surface area contributed by atoms with E-state index in [2.05, 4.69) is 25.8 Å². The fourth-order valence-electron chi connectivity index (χ4n) is 1.38. The van der Waals surface area contributed by atoms with Gasteiger partial charge in [-0.15, -0.1) is 0 Å². The van der Waals surface area contributed by atoms with Crippen LogP contribution in [0.5, 0.6) is 0 Å². The fraction of sp³-hybridized carbons (Fsp3) is 0.600. The highest BCUT2D eigenvalue weighted by molar-refractivity contribution is 5.19. The Morgan fingerprint density at radius 3 is 2.62 bits per heavy atom. The van der Waals surface area contributed by atoms with Crippen LogP contribution >= 0.6 is 0 Å². The van der Waals surface area contributed by atoms with Crippen LogP contribution in [0, 0.1) is 0 Å². The molecule has 3 nitrogen and oxygen atoms in total. The first-order valence-electron chi connectivity index (χ1n) is 4.62. The Morgan fingerprint density at radius 2 is 2.15 bits per heavy atom. The van der Waals surface area contributed by atoms with E-state index in [1.807, 2.05) is 6.20 Å². The first-order chi connectivity index (χ1) is 6.06. The van der Waals surface area contributed by atoms with Crippen LogP contribution in [0.2, 0.25) is 0 Å². The third-order valence-corrected chi connectivity index (χ3v) is 2.12. The van der Waals surface area contributed by atoms with E-state index in [0.29, 0.717) is 5.92 Å². The van der Waals surface area contributed by atoms with Gasteiger partial charge in [0, 0.05) is 13.2 Å². The lowest BCUT2D eigenvalue weighted by Gasteiger charge is -2.10. The number of hydrogen-bond acceptors (Lipinski definition) is 2. The molecule has 0 amide bonds. The van der Waals surface area contributed by atoms with Gasteiger partial charge in [0.25, 0.3) is 0 Å². The van der Waals surface area contributed by atoms with Crippen molar-refractivity contribution in [1.82, 2.24) is 9.55 Å². The summed E-state index contributed by atoms with van der Waals surface area (Å²) in [4.78, 5) is 15.3. The highest BCUT2D eigenvalue weighted by Crippen LogP contribution is 2.14. The molecule has 0 unspecified atom stereocenters. The first-order valence-corrected chi connectivity index (χ1v) is 4.62. The summed E-state index contributed by atoms with van der Waals surface area (Å²) in [6.07, 6.45) is 2.80. The van der Waals surface area contributed by atoms with Crippen LogP contribution in [-0.4, -0.2) is 9.55 Å². The van der Waals surface area contributed by atoms with Crippen LogP contribution in [0.15, 0.2) is 11.0 Å². The Bertz CT molecular complexity index is 352. The van der Waals surface area contributed by atoms with Crippen LogP contribution in [0.3, 0.4) is 0 Å². The van der Waals surface area contributed by atoms with Gasteiger partial charge in [-0.05, 0) is 17.9 Å². The Kier molecular flexibility index (Phi) is 2.86. The molecule has 0 aromatic carbocycles. The topological polar surface area (TPSA) is 34.9 Å². The standard InChI is InChI=1S/C10H16N2O/c1-5-8-6-12(4)10(13)11-9(8)7(2)3/h6-7H,5H2,1-4H3. The molecule has 0 spiro atoms. The van der Waals surface area contributed by atoms with Gasteiger partial charge in [0.2, 0.25) is 0 Å². The molecule has 1 aromatic rings. The SMILES string of the molecule is CCc1cn(C)c(=O)nc1C(C)C. The van der Waals surface area contributed by atoms with Gasteiger partial charge in [0.05, 0.1) is 5.69 Å². The summed E-state index contributed by atoms with van der Waals surface area (Å²) in [6.45, 7) is 6.19. The summed E-state index contributed by atoms with van der Waals surface area (Å²) in [7, 11) is 1.73. The lowest BCUT2D eigenvalue weighted by Crippen LogP contribution is -2.23. The van der Waals surface area contributed by atoms with Gasteiger partial charge in [-0.25, -0.2) is 4.79 Å². The number of aromatic nitrogens is 2. The van der Waals surface area contributed by atoms with E-state index in [0.717, 1.165) is 17.7 Å². The second kappa shape index (κ2) is 3.73. The number of rotatable bonds is 2. The van der Waals surface area contributed by atoms with E-state index >= 15 is 0 Å². The molecule has 0 radical (unpaired) electrons. The van der Waals surface area contributed by atoms with Crippen molar-refractivity contribution in [2.24, 2.45) is 7.05 Å². The van der Waals surface area contributed by atoms with Crippen molar-refractivity contribution < 1.29 is 0 Å². The van der Waals surface area contributed by atoms with Crippen molar-refractivity contribution in [3.8, 4) is 0 Å². The van der Waals surface area contributed by atoms with E-state index in [-0.39, 0.29) is 5.69 Å². The molecule has 72 valence electrons. The molecule has 0 aliphatic carbocycles. The van der Waals surface area contributed by atoms with Crippen LogP contribution < -0.4 is 5.69 Å². The summed E-state index contributed by atoms with van der Waals surface area (Å²) in [5, 5.41) is 0. The van der Waals surface area contributed by atoms with Crippen molar-refractivity contribution in [1.29, 1.82) is 0 Å². The van der Waals surface area contributed by atoms with Gasteiger partial charge in [-0.3, -0.25) is 0 Å². The molecular formula is C10H16N2O. The fourth-order valence-corrected chi connectivity index (χ4v) is 1.38. The molecule has 0 saturated carbocycles. The molecule has 1 aromatic heterocycles. The van der Waals surface area contributed by atoms with Crippen LogP contribution in [0.25, 0.3) is 0 Å². The highest BCUT2D eigenvalue weighted by Gasteiger charge is 2.08. The predicted octanol–water partition coefficient (Wildman–Crippen LogP) is 1.47. The van der Waals surface area contributed by atoms with E-state index in [4.69, 9.17) is 0 Å². The quantitative estimate of drug-likeness (QED) is 0.690. The number of aryl methyl sites for hydroxylation is 2. The molecule has 0 aliphatic rings. The molecule has 0 fully saturated rings. The molecule has 0 bridgehead atoms. The molecule has 3 heteroatoms.